The van der Waals surface area contributed by atoms with Gasteiger partial charge in [-0.1, -0.05) is 6.92 Å². The van der Waals surface area contributed by atoms with E-state index in [-0.39, 0.29) is 4.75 Å². The van der Waals surface area contributed by atoms with Crippen LogP contribution < -0.4 is 10.6 Å². The predicted molar refractivity (Wildman–Crippen MR) is 98.3 cm³/mol. The van der Waals surface area contributed by atoms with Crippen molar-refractivity contribution in [1.29, 1.82) is 0 Å². The summed E-state index contributed by atoms with van der Waals surface area (Å²) in [6.45, 7) is 11.5. The number of aliphatic imine (C=N–C) groups is 1. The van der Waals surface area contributed by atoms with Crippen LogP contribution >= 0.6 is 11.8 Å². The number of hydrogen-bond donors (Lipinski definition) is 2. The van der Waals surface area contributed by atoms with Crippen LogP contribution in [0.1, 0.15) is 34.1 Å². The number of rotatable bonds is 10. The van der Waals surface area contributed by atoms with E-state index in [9.17, 15) is 8.42 Å². The Morgan fingerprint density at radius 1 is 1.27 bits per heavy atom. The summed E-state index contributed by atoms with van der Waals surface area (Å²) in [5.74, 6) is 0.784. The quantitative estimate of drug-likeness (QED) is 0.353. The summed E-state index contributed by atoms with van der Waals surface area (Å²) < 4.78 is 24.6. The first-order valence-electron chi connectivity index (χ1n) is 7.68. The van der Waals surface area contributed by atoms with Crippen LogP contribution in [0.2, 0.25) is 0 Å². The van der Waals surface area contributed by atoms with E-state index in [1.54, 1.807) is 11.8 Å². The maximum absolute atomic E-state index is 11.5. The lowest BCUT2D eigenvalue weighted by molar-refractivity contribution is 0.424. The molecule has 8 heteroatoms. The molecule has 22 heavy (non-hydrogen) atoms. The van der Waals surface area contributed by atoms with Gasteiger partial charge < -0.3 is 10.6 Å². The van der Waals surface area contributed by atoms with Crippen molar-refractivity contribution < 1.29 is 8.42 Å². The highest BCUT2D eigenvalue weighted by Crippen LogP contribution is 2.20. The minimum absolute atomic E-state index is 0.109. The molecular formula is C14H32N4O2S2. The van der Waals surface area contributed by atoms with Crippen molar-refractivity contribution in [2.45, 2.75) is 38.9 Å². The van der Waals surface area contributed by atoms with Crippen molar-refractivity contribution in [2.24, 2.45) is 4.99 Å². The lowest BCUT2D eigenvalue weighted by Gasteiger charge is -2.21. The zero-order valence-electron chi connectivity index (χ0n) is 14.8. The Morgan fingerprint density at radius 3 is 2.36 bits per heavy atom. The molecule has 0 fully saturated rings. The average Bonchev–Trinajstić information content (AvgIpc) is 2.43. The van der Waals surface area contributed by atoms with Gasteiger partial charge in [0.05, 0.1) is 12.8 Å². The second-order valence-corrected chi connectivity index (χ2v) is 9.19. The van der Waals surface area contributed by atoms with E-state index in [0.717, 1.165) is 25.5 Å². The molecule has 0 amide bonds. The molecule has 2 N–H and O–H groups in total. The minimum atomic E-state index is -3.10. The molecule has 0 aromatic rings. The zero-order chi connectivity index (χ0) is 17.2. The molecule has 0 rings (SSSR count). The maximum Gasteiger partial charge on any atom is 0.211 e. The van der Waals surface area contributed by atoms with Gasteiger partial charge in [-0.25, -0.2) is 12.7 Å². The van der Waals surface area contributed by atoms with E-state index in [1.165, 1.54) is 10.6 Å². The molecule has 0 aliphatic rings. The van der Waals surface area contributed by atoms with Gasteiger partial charge in [-0.15, -0.1) is 0 Å². The van der Waals surface area contributed by atoms with E-state index in [1.807, 2.05) is 13.8 Å². The summed E-state index contributed by atoms with van der Waals surface area (Å²) >= 11 is 1.79. The highest BCUT2D eigenvalue weighted by molar-refractivity contribution is 7.99. The number of hydrogen-bond acceptors (Lipinski definition) is 4. The minimum Gasteiger partial charge on any atom is -0.357 e. The van der Waals surface area contributed by atoms with Crippen molar-refractivity contribution >= 4 is 27.7 Å². The highest BCUT2D eigenvalue weighted by Gasteiger charge is 2.16. The molecule has 132 valence electrons. The second kappa shape index (κ2) is 10.3. The first-order chi connectivity index (χ1) is 10.2. The van der Waals surface area contributed by atoms with Crippen LogP contribution in [0.25, 0.3) is 0 Å². The first kappa shape index (κ1) is 21.5. The smallest absolute Gasteiger partial charge is 0.211 e. The summed E-state index contributed by atoms with van der Waals surface area (Å²) in [7, 11) is -3.10. The predicted octanol–water partition coefficient (Wildman–Crippen LogP) is 1.35. The van der Waals surface area contributed by atoms with E-state index >= 15 is 0 Å². The summed E-state index contributed by atoms with van der Waals surface area (Å²) in [6.07, 6.45) is 4.08. The molecule has 0 aliphatic heterocycles. The Balaban J connectivity index is 4.34. The van der Waals surface area contributed by atoms with Crippen LogP contribution in [0.15, 0.2) is 4.99 Å². The third-order valence-corrected chi connectivity index (χ3v) is 5.83. The molecule has 0 bridgehead atoms. The number of sulfonamides is 1. The van der Waals surface area contributed by atoms with Crippen LogP contribution in [-0.2, 0) is 10.0 Å². The molecule has 0 radical (unpaired) electrons. The topological polar surface area (TPSA) is 73.8 Å². The normalized spacial score (nSPS) is 13.5. The van der Waals surface area contributed by atoms with Crippen molar-refractivity contribution in [2.75, 3.05) is 45.2 Å². The SMILES string of the molecule is CCNC(=NCC(C)(C)SC)NCCCN(CC)S(C)(=O)=O. The van der Waals surface area contributed by atoms with E-state index in [0.29, 0.717) is 19.6 Å². The van der Waals surface area contributed by atoms with Crippen LogP contribution in [0.4, 0.5) is 0 Å². The largest absolute Gasteiger partial charge is 0.357 e. The Hall–Kier alpha value is -0.470. The van der Waals surface area contributed by atoms with Gasteiger partial charge >= 0.3 is 0 Å². The van der Waals surface area contributed by atoms with Gasteiger partial charge in [-0.3, -0.25) is 4.99 Å². The fraction of sp³-hybridized carbons (Fsp3) is 0.929. The second-order valence-electron chi connectivity index (χ2n) is 5.69. The first-order valence-corrected chi connectivity index (χ1v) is 10.8. The van der Waals surface area contributed by atoms with Crippen LogP contribution in [0.3, 0.4) is 0 Å². The van der Waals surface area contributed by atoms with E-state index < -0.39 is 10.0 Å². The Labute approximate surface area is 140 Å². The van der Waals surface area contributed by atoms with Gasteiger partial charge in [-0.2, -0.15) is 11.8 Å². The summed E-state index contributed by atoms with van der Waals surface area (Å²) in [5, 5.41) is 6.47. The monoisotopic (exact) mass is 352 g/mol. The standard InChI is InChI=1S/C14H32N4O2S2/c1-7-15-13(17-12-14(3,4)21-5)16-10-9-11-18(8-2)22(6,19)20/h7-12H2,1-6H3,(H2,15,16,17). The lowest BCUT2D eigenvalue weighted by Crippen LogP contribution is -2.40. The third-order valence-electron chi connectivity index (χ3n) is 3.21. The van der Waals surface area contributed by atoms with Crippen LogP contribution in [-0.4, -0.2) is 68.7 Å². The summed E-state index contributed by atoms with van der Waals surface area (Å²) in [6, 6.07) is 0. The van der Waals surface area contributed by atoms with Crippen molar-refractivity contribution in [3.63, 3.8) is 0 Å². The van der Waals surface area contributed by atoms with Gasteiger partial charge in [0.2, 0.25) is 10.0 Å². The van der Waals surface area contributed by atoms with Gasteiger partial charge in [-0.05, 0) is 33.4 Å². The molecule has 6 nitrogen and oxygen atoms in total. The van der Waals surface area contributed by atoms with Crippen LogP contribution in [0.5, 0.6) is 0 Å². The number of nitrogens with one attached hydrogen (secondary N) is 2. The molecule has 0 saturated heterocycles. The molecular weight excluding hydrogens is 320 g/mol. The summed E-state index contributed by atoms with van der Waals surface area (Å²) in [5.41, 5.74) is 0. The van der Waals surface area contributed by atoms with Gasteiger partial charge in [0.1, 0.15) is 0 Å². The molecule has 0 aromatic carbocycles. The number of nitrogens with zero attached hydrogens (tertiary/aromatic N) is 2. The van der Waals surface area contributed by atoms with E-state index in [2.05, 4.69) is 35.7 Å². The molecule has 0 unspecified atom stereocenters. The van der Waals surface area contributed by atoms with Gasteiger partial charge in [0.25, 0.3) is 0 Å². The summed E-state index contributed by atoms with van der Waals surface area (Å²) in [4.78, 5) is 4.58. The number of thioether (sulfide) groups is 1. The van der Waals surface area contributed by atoms with Crippen molar-refractivity contribution in [1.82, 2.24) is 14.9 Å². The van der Waals surface area contributed by atoms with Crippen LogP contribution in [0, 0.1) is 0 Å². The highest BCUT2D eigenvalue weighted by atomic mass is 32.2. The van der Waals surface area contributed by atoms with Crippen molar-refractivity contribution in [3.8, 4) is 0 Å². The Bertz CT molecular complexity index is 436. The molecule has 0 saturated carbocycles. The fourth-order valence-corrected chi connectivity index (χ4v) is 2.82. The molecule has 0 aliphatic carbocycles. The van der Waals surface area contributed by atoms with E-state index in [4.69, 9.17) is 0 Å². The fourth-order valence-electron chi connectivity index (χ4n) is 1.70. The number of guanidine groups is 1. The molecule has 0 heterocycles. The van der Waals surface area contributed by atoms with Gasteiger partial charge in [0, 0.05) is 30.9 Å². The molecule has 0 atom stereocenters. The van der Waals surface area contributed by atoms with Crippen molar-refractivity contribution in [3.05, 3.63) is 0 Å². The average molecular weight is 353 g/mol. The molecule has 0 aromatic heterocycles. The Kier molecular flexibility index (Phi) is 10.1. The van der Waals surface area contributed by atoms with Gasteiger partial charge in [0.15, 0.2) is 5.96 Å². The Morgan fingerprint density at radius 2 is 1.91 bits per heavy atom. The molecule has 0 spiro atoms. The third kappa shape index (κ3) is 9.53. The zero-order valence-corrected chi connectivity index (χ0v) is 16.4. The maximum atomic E-state index is 11.5. The lowest BCUT2D eigenvalue weighted by atomic mass is 10.2.